The number of hydrogen-bond donors (Lipinski definition) is 1. The molecule has 0 radical (unpaired) electrons. The van der Waals surface area contributed by atoms with E-state index in [0.717, 1.165) is 27.5 Å². The molecule has 0 amide bonds. The summed E-state index contributed by atoms with van der Waals surface area (Å²) in [5, 5.41) is 5.51. The monoisotopic (exact) mass is 280 g/mol. The van der Waals surface area contributed by atoms with E-state index in [-0.39, 0.29) is 5.97 Å². The molecule has 0 aliphatic heterocycles. The lowest BCUT2D eigenvalue weighted by atomic mass is 10.1. The molecule has 0 atom stereocenters. The summed E-state index contributed by atoms with van der Waals surface area (Å²) >= 11 is 0. The fourth-order valence-electron chi connectivity index (χ4n) is 2.40. The molecule has 2 aromatic carbocycles. The summed E-state index contributed by atoms with van der Waals surface area (Å²) in [6, 6.07) is 16.0. The predicted molar refractivity (Wildman–Crippen MR) is 84.4 cm³/mol. The number of carbonyl (C=O) groups is 1. The van der Waals surface area contributed by atoms with Crippen molar-refractivity contribution < 1.29 is 9.53 Å². The van der Waals surface area contributed by atoms with Gasteiger partial charge in [-0.3, -0.25) is 4.79 Å². The number of ether oxygens (including phenoxy) is 1. The molecule has 4 heteroatoms. The van der Waals surface area contributed by atoms with Gasteiger partial charge in [0, 0.05) is 24.2 Å². The zero-order chi connectivity index (χ0) is 14.7. The molecule has 0 saturated heterocycles. The van der Waals surface area contributed by atoms with Gasteiger partial charge in [-0.1, -0.05) is 36.4 Å². The van der Waals surface area contributed by atoms with Crippen molar-refractivity contribution in [3.63, 3.8) is 0 Å². The Morgan fingerprint density at radius 2 is 1.62 bits per heavy atom. The molecule has 1 aromatic heterocycles. The number of para-hydroxylation sites is 2. The summed E-state index contributed by atoms with van der Waals surface area (Å²) in [5.41, 5.74) is 2.93. The molecule has 0 aliphatic rings. The number of nitrogens with zero attached hydrogens (tertiary/aromatic N) is 1. The van der Waals surface area contributed by atoms with Crippen molar-refractivity contribution in [2.75, 3.05) is 18.5 Å². The molecule has 1 heterocycles. The molecule has 4 nitrogen and oxygen atoms in total. The van der Waals surface area contributed by atoms with Gasteiger partial charge in [0.15, 0.2) is 0 Å². The summed E-state index contributed by atoms with van der Waals surface area (Å²) < 4.78 is 4.97. The lowest BCUT2D eigenvalue weighted by Gasteiger charge is -2.13. The second-order valence-corrected chi connectivity index (χ2v) is 4.79. The molecule has 0 spiro atoms. The molecule has 3 aromatic rings. The topological polar surface area (TPSA) is 51.2 Å². The van der Waals surface area contributed by atoms with Gasteiger partial charge in [-0.05, 0) is 12.1 Å². The average molecular weight is 280 g/mol. The number of nitrogens with one attached hydrogen (secondary N) is 1. The van der Waals surface area contributed by atoms with Gasteiger partial charge in [0.2, 0.25) is 0 Å². The molecule has 3 rings (SSSR count). The number of fused-ring (bicyclic) bond motifs is 2. The Morgan fingerprint density at radius 1 is 1.05 bits per heavy atom. The third-order valence-electron chi connectivity index (χ3n) is 3.30. The fourth-order valence-corrected chi connectivity index (χ4v) is 2.40. The van der Waals surface area contributed by atoms with E-state index in [0.29, 0.717) is 13.2 Å². The zero-order valence-electron chi connectivity index (χ0n) is 11.8. The highest BCUT2D eigenvalue weighted by Crippen LogP contribution is 2.30. The van der Waals surface area contributed by atoms with Gasteiger partial charge in [0.25, 0.3) is 0 Å². The predicted octanol–water partition coefficient (Wildman–Crippen LogP) is 3.36. The summed E-state index contributed by atoms with van der Waals surface area (Å²) in [4.78, 5) is 15.5. The minimum Gasteiger partial charge on any atom is -0.464 e. The smallest absolute Gasteiger partial charge is 0.302 e. The Balaban J connectivity index is 2.01. The summed E-state index contributed by atoms with van der Waals surface area (Å²) in [7, 11) is 0. The maximum absolute atomic E-state index is 10.8. The largest absolute Gasteiger partial charge is 0.464 e. The van der Waals surface area contributed by atoms with Gasteiger partial charge in [-0.25, -0.2) is 4.98 Å². The minimum absolute atomic E-state index is 0.263. The first-order valence-electron chi connectivity index (χ1n) is 6.90. The van der Waals surface area contributed by atoms with Crippen molar-refractivity contribution in [1.82, 2.24) is 4.98 Å². The first-order chi connectivity index (χ1) is 10.3. The van der Waals surface area contributed by atoms with Crippen molar-refractivity contribution in [2.24, 2.45) is 0 Å². The minimum atomic E-state index is -0.263. The van der Waals surface area contributed by atoms with Crippen LogP contribution in [-0.4, -0.2) is 24.1 Å². The van der Waals surface area contributed by atoms with E-state index in [4.69, 9.17) is 4.74 Å². The van der Waals surface area contributed by atoms with Crippen LogP contribution in [0.1, 0.15) is 6.92 Å². The maximum Gasteiger partial charge on any atom is 0.302 e. The molecule has 106 valence electrons. The van der Waals surface area contributed by atoms with Crippen molar-refractivity contribution in [1.29, 1.82) is 0 Å². The molecule has 21 heavy (non-hydrogen) atoms. The third-order valence-corrected chi connectivity index (χ3v) is 3.30. The molecule has 0 unspecified atom stereocenters. The van der Waals surface area contributed by atoms with Crippen LogP contribution in [0.2, 0.25) is 0 Å². The normalized spacial score (nSPS) is 10.7. The summed E-state index contributed by atoms with van der Waals surface area (Å²) in [5.74, 6) is -0.263. The van der Waals surface area contributed by atoms with E-state index in [9.17, 15) is 4.79 Å². The van der Waals surface area contributed by atoms with Crippen LogP contribution in [0.5, 0.6) is 0 Å². The van der Waals surface area contributed by atoms with Gasteiger partial charge < -0.3 is 10.1 Å². The second kappa shape index (κ2) is 5.79. The van der Waals surface area contributed by atoms with Crippen LogP contribution in [0.3, 0.4) is 0 Å². The Bertz CT molecular complexity index is 745. The van der Waals surface area contributed by atoms with Gasteiger partial charge in [0.05, 0.1) is 16.7 Å². The Hall–Kier alpha value is -2.62. The highest BCUT2D eigenvalue weighted by Gasteiger charge is 2.07. The number of anilines is 1. The number of rotatable bonds is 4. The number of aromatic nitrogens is 1. The zero-order valence-corrected chi connectivity index (χ0v) is 11.8. The van der Waals surface area contributed by atoms with Gasteiger partial charge in [0.1, 0.15) is 6.61 Å². The molecule has 1 N–H and O–H groups in total. The Labute approximate surface area is 122 Å². The molecular formula is C17H16N2O2. The van der Waals surface area contributed by atoms with Crippen molar-refractivity contribution in [3.8, 4) is 0 Å². The SMILES string of the molecule is CC(=O)OCCNc1c2ccccc2nc2ccccc12. The molecule has 0 fully saturated rings. The number of esters is 1. The van der Waals surface area contributed by atoms with E-state index in [1.165, 1.54) is 6.92 Å². The molecular weight excluding hydrogens is 264 g/mol. The van der Waals surface area contributed by atoms with E-state index in [1.54, 1.807) is 0 Å². The van der Waals surface area contributed by atoms with E-state index in [2.05, 4.69) is 10.3 Å². The number of hydrogen-bond acceptors (Lipinski definition) is 4. The average Bonchev–Trinajstić information content (AvgIpc) is 2.50. The molecule has 0 aliphatic carbocycles. The van der Waals surface area contributed by atoms with Crippen LogP contribution in [0.15, 0.2) is 48.5 Å². The highest BCUT2D eigenvalue weighted by molar-refractivity contribution is 6.07. The second-order valence-electron chi connectivity index (χ2n) is 4.79. The van der Waals surface area contributed by atoms with Crippen molar-refractivity contribution >= 4 is 33.5 Å². The van der Waals surface area contributed by atoms with Gasteiger partial charge in [-0.2, -0.15) is 0 Å². The maximum atomic E-state index is 10.8. The van der Waals surface area contributed by atoms with Crippen LogP contribution < -0.4 is 5.32 Å². The highest BCUT2D eigenvalue weighted by atomic mass is 16.5. The standard InChI is InChI=1S/C17H16N2O2/c1-12(20)21-11-10-18-17-13-6-2-4-8-15(13)19-16-9-5-3-7-14(16)17/h2-9H,10-11H2,1H3,(H,18,19). The van der Waals surface area contributed by atoms with Crippen LogP contribution in [-0.2, 0) is 9.53 Å². The van der Waals surface area contributed by atoms with Crippen LogP contribution in [0.4, 0.5) is 5.69 Å². The third kappa shape index (κ3) is 2.79. The lowest BCUT2D eigenvalue weighted by molar-refractivity contribution is -0.140. The van der Waals surface area contributed by atoms with Crippen molar-refractivity contribution in [2.45, 2.75) is 6.92 Å². The quantitative estimate of drug-likeness (QED) is 0.452. The first-order valence-corrected chi connectivity index (χ1v) is 6.90. The van der Waals surface area contributed by atoms with Crippen molar-refractivity contribution in [3.05, 3.63) is 48.5 Å². The van der Waals surface area contributed by atoms with Crippen LogP contribution in [0.25, 0.3) is 21.8 Å². The van der Waals surface area contributed by atoms with Crippen LogP contribution in [0, 0.1) is 0 Å². The fraction of sp³-hybridized carbons (Fsp3) is 0.176. The van der Waals surface area contributed by atoms with E-state index < -0.39 is 0 Å². The number of carbonyl (C=O) groups excluding carboxylic acids is 1. The molecule has 0 saturated carbocycles. The van der Waals surface area contributed by atoms with Gasteiger partial charge in [-0.15, -0.1) is 0 Å². The van der Waals surface area contributed by atoms with E-state index in [1.807, 2.05) is 48.5 Å². The summed E-state index contributed by atoms with van der Waals surface area (Å²) in [6.07, 6.45) is 0. The molecule has 0 bridgehead atoms. The van der Waals surface area contributed by atoms with Gasteiger partial charge >= 0.3 is 5.97 Å². The Kier molecular flexibility index (Phi) is 3.69. The lowest BCUT2D eigenvalue weighted by Crippen LogP contribution is -2.12. The summed E-state index contributed by atoms with van der Waals surface area (Å²) in [6.45, 7) is 2.33. The number of pyridine rings is 1. The first kappa shape index (κ1) is 13.4. The van der Waals surface area contributed by atoms with Crippen LogP contribution >= 0.6 is 0 Å². The van der Waals surface area contributed by atoms with E-state index >= 15 is 0 Å². The number of benzene rings is 2. The Morgan fingerprint density at radius 3 is 2.19 bits per heavy atom.